The van der Waals surface area contributed by atoms with Crippen LogP contribution < -0.4 is 5.32 Å². The number of carbonyl (C=O) groups excluding carboxylic acids is 1. The van der Waals surface area contributed by atoms with Gasteiger partial charge in [-0.15, -0.1) is 0 Å². The number of carbonyl (C=O) groups is 1. The van der Waals surface area contributed by atoms with E-state index in [0.717, 1.165) is 18.2 Å². The van der Waals surface area contributed by atoms with Crippen LogP contribution in [0.1, 0.15) is 32.4 Å². The van der Waals surface area contributed by atoms with Crippen LogP contribution in [0.2, 0.25) is 0 Å². The monoisotopic (exact) mass is 301 g/mol. The van der Waals surface area contributed by atoms with Crippen molar-refractivity contribution in [2.24, 2.45) is 0 Å². The number of phenolic OH excluding ortho intramolecular Hbond substituents is 1. The van der Waals surface area contributed by atoms with Crippen LogP contribution in [0.3, 0.4) is 0 Å². The minimum Gasteiger partial charge on any atom is -0.508 e. The van der Waals surface area contributed by atoms with Gasteiger partial charge in [-0.3, -0.25) is 0 Å². The third-order valence-corrected chi connectivity index (χ3v) is 2.52. The molecule has 118 valence electrons. The van der Waals surface area contributed by atoms with Gasteiger partial charge in [0.05, 0.1) is 0 Å². The lowest BCUT2D eigenvalue weighted by Crippen LogP contribution is -2.39. The van der Waals surface area contributed by atoms with Gasteiger partial charge in [-0.1, -0.05) is 0 Å². The molecule has 6 nitrogen and oxygen atoms in total. The number of nitrogens with one attached hydrogen (secondary N) is 1. The van der Waals surface area contributed by atoms with Crippen LogP contribution in [0.4, 0.5) is 9.18 Å². The first-order valence-corrected chi connectivity index (χ1v) is 6.41. The number of rotatable bonds is 4. The van der Waals surface area contributed by atoms with Gasteiger partial charge in [-0.05, 0) is 39.0 Å². The summed E-state index contributed by atoms with van der Waals surface area (Å²) >= 11 is 0. The summed E-state index contributed by atoms with van der Waals surface area (Å²) in [7, 11) is 0. The van der Waals surface area contributed by atoms with Crippen LogP contribution in [-0.2, 0) is 4.74 Å². The average Bonchev–Trinajstić information content (AvgIpc) is 2.36. The lowest BCUT2D eigenvalue weighted by atomic mass is 10.0. The summed E-state index contributed by atoms with van der Waals surface area (Å²) in [6, 6.07) is 3.11. The van der Waals surface area contributed by atoms with Gasteiger partial charge >= 0.3 is 6.09 Å². The molecule has 0 aliphatic rings. The molecule has 1 rings (SSSR count). The third-order valence-electron chi connectivity index (χ3n) is 2.52. The predicted molar refractivity (Wildman–Crippen MR) is 73.3 cm³/mol. The highest BCUT2D eigenvalue weighted by molar-refractivity contribution is 5.67. The largest absolute Gasteiger partial charge is 0.508 e. The molecule has 0 radical (unpaired) electrons. The minimum atomic E-state index is -1.59. The molecule has 0 aromatic heterocycles. The van der Waals surface area contributed by atoms with Crippen molar-refractivity contribution in [3.05, 3.63) is 29.6 Å². The highest BCUT2D eigenvalue weighted by atomic mass is 19.1. The highest BCUT2D eigenvalue weighted by Gasteiger charge is 2.24. The molecule has 1 amide bonds. The minimum absolute atomic E-state index is 0.238. The second-order valence-electron chi connectivity index (χ2n) is 5.60. The molecule has 2 atom stereocenters. The Morgan fingerprint density at radius 1 is 1.38 bits per heavy atom. The first-order valence-electron chi connectivity index (χ1n) is 6.41. The Morgan fingerprint density at radius 2 is 2.00 bits per heavy atom. The molecule has 2 unspecified atom stereocenters. The molecule has 0 saturated carbocycles. The summed E-state index contributed by atoms with van der Waals surface area (Å²) in [5, 5.41) is 31.1. The van der Waals surface area contributed by atoms with Gasteiger partial charge in [0.1, 0.15) is 29.4 Å². The van der Waals surface area contributed by atoms with Gasteiger partial charge in [-0.25, -0.2) is 9.18 Å². The topological polar surface area (TPSA) is 99.0 Å². The molecule has 0 fully saturated rings. The molecule has 0 aliphatic heterocycles. The number of aliphatic hydroxyl groups excluding tert-OH is 2. The molecule has 0 spiro atoms. The van der Waals surface area contributed by atoms with E-state index in [2.05, 4.69) is 5.32 Å². The van der Waals surface area contributed by atoms with E-state index in [1.807, 2.05) is 0 Å². The molecule has 0 aliphatic carbocycles. The number of aromatic hydroxyl groups is 1. The smallest absolute Gasteiger partial charge is 0.407 e. The Balaban J connectivity index is 2.61. The molecule has 0 heterocycles. The van der Waals surface area contributed by atoms with Crippen LogP contribution in [0.5, 0.6) is 5.75 Å². The maximum atomic E-state index is 13.5. The van der Waals surface area contributed by atoms with Crippen molar-refractivity contribution in [1.29, 1.82) is 0 Å². The Morgan fingerprint density at radius 3 is 2.57 bits per heavy atom. The molecule has 7 heteroatoms. The fourth-order valence-corrected chi connectivity index (χ4v) is 1.58. The summed E-state index contributed by atoms with van der Waals surface area (Å²) in [4.78, 5) is 11.4. The van der Waals surface area contributed by atoms with Crippen LogP contribution in [0.15, 0.2) is 18.2 Å². The lowest BCUT2D eigenvalue weighted by molar-refractivity contribution is 0.0112. The fourth-order valence-electron chi connectivity index (χ4n) is 1.58. The van der Waals surface area contributed by atoms with Crippen molar-refractivity contribution in [1.82, 2.24) is 5.32 Å². The van der Waals surface area contributed by atoms with E-state index in [-0.39, 0.29) is 17.9 Å². The number of alkyl carbamates (subject to hydrolysis) is 1. The summed E-state index contributed by atoms with van der Waals surface area (Å²) in [6.45, 7) is 4.71. The first-order chi connectivity index (χ1) is 9.60. The predicted octanol–water partition coefficient (Wildman–Crippen LogP) is 1.45. The lowest BCUT2D eigenvalue weighted by Gasteiger charge is -2.22. The number of halogens is 1. The summed E-state index contributed by atoms with van der Waals surface area (Å²) in [6.07, 6.45) is -3.80. The van der Waals surface area contributed by atoms with E-state index < -0.39 is 29.7 Å². The second-order valence-corrected chi connectivity index (χ2v) is 5.60. The van der Waals surface area contributed by atoms with Crippen LogP contribution in [0, 0.1) is 5.82 Å². The molecule has 1 aromatic carbocycles. The van der Waals surface area contributed by atoms with Crippen LogP contribution >= 0.6 is 0 Å². The van der Waals surface area contributed by atoms with Crippen LogP contribution in [-0.4, -0.2) is 39.7 Å². The first kappa shape index (κ1) is 17.2. The molecule has 1 aromatic rings. The van der Waals surface area contributed by atoms with Gasteiger partial charge in [0, 0.05) is 12.1 Å². The van der Waals surface area contributed by atoms with E-state index in [0.29, 0.717) is 0 Å². The molecular weight excluding hydrogens is 281 g/mol. The zero-order valence-corrected chi connectivity index (χ0v) is 12.1. The van der Waals surface area contributed by atoms with Crippen molar-refractivity contribution in [3.63, 3.8) is 0 Å². The fraction of sp³-hybridized carbons (Fsp3) is 0.500. The maximum absolute atomic E-state index is 13.5. The number of hydrogen-bond acceptors (Lipinski definition) is 5. The van der Waals surface area contributed by atoms with Crippen molar-refractivity contribution >= 4 is 6.09 Å². The number of ether oxygens (including phenoxy) is 1. The Bertz CT molecular complexity index is 501. The average molecular weight is 301 g/mol. The number of hydrogen-bond donors (Lipinski definition) is 4. The van der Waals surface area contributed by atoms with E-state index in [4.69, 9.17) is 4.74 Å². The van der Waals surface area contributed by atoms with Gasteiger partial charge in [0.15, 0.2) is 0 Å². The quantitative estimate of drug-likeness (QED) is 0.674. The number of benzene rings is 1. The SMILES string of the molecule is CC(C)(C)OC(=O)NCC(O)C(O)c1cc(O)ccc1F. The van der Waals surface area contributed by atoms with Crippen molar-refractivity contribution in [3.8, 4) is 5.75 Å². The number of phenols is 1. The van der Waals surface area contributed by atoms with E-state index >= 15 is 0 Å². The Labute approximate surface area is 122 Å². The summed E-state index contributed by atoms with van der Waals surface area (Å²) in [5.74, 6) is -1.01. The van der Waals surface area contributed by atoms with Gasteiger partial charge < -0.3 is 25.4 Å². The number of aliphatic hydroxyl groups is 2. The summed E-state index contributed by atoms with van der Waals surface area (Å²) < 4.78 is 18.5. The van der Waals surface area contributed by atoms with Gasteiger partial charge in [-0.2, -0.15) is 0 Å². The normalized spacial score (nSPS) is 14.4. The van der Waals surface area contributed by atoms with E-state index in [9.17, 15) is 24.5 Å². The molecular formula is C14H20FNO5. The van der Waals surface area contributed by atoms with Crippen molar-refractivity contribution in [2.75, 3.05) is 6.54 Å². The van der Waals surface area contributed by atoms with Gasteiger partial charge in [0.2, 0.25) is 0 Å². The molecule has 0 bridgehead atoms. The second kappa shape index (κ2) is 6.73. The van der Waals surface area contributed by atoms with Crippen molar-refractivity contribution < 1.29 is 29.2 Å². The summed E-state index contributed by atoms with van der Waals surface area (Å²) in [5.41, 5.74) is -0.946. The number of amides is 1. The van der Waals surface area contributed by atoms with Gasteiger partial charge in [0.25, 0.3) is 0 Å². The Hall–Kier alpha value is -1.86. The molecule has 21 heavy (non-hydrogen) atoms. The zero-order chi connectivity index (χ0) is 16.2. The maximum Gasteiger partial charge on any atom is 0.407 e. The standard InChI is InChI=1S/C14H20FNO5/c1-14(2,3)21-13(20)16-7-11(18)12(19)9-6-8(17)4-5-10(9)15/h4-6,11-12,17-19H,7H2,1-3H3,(H,16,20). The Kier molecular flexibility index (Phi) is 5.51. The zero-order valence-electron chi connectivity index (χ0n) is 12.1. The molecule has 4 N–H and O–H groups in total. The third kappa shape index (κ3) is 5.57. The van der Waals surface area contributed by atoms with Crippen molar-refractivity contribution in [2.45, 2.75) is 38.6 Å². The highest BCUT2D eigenvalue weighted by Crippen LogP contribution is 2.24. The molecule has 0 saturated heterocycles. The van der Waals surface area contributed by atoms with E-state index in [1.54, 1.807) is 20.8 Å². The van der Waals surface area contributed by atoms with E-state index in [1.165, 1.54) is 0 Å². The van der Waals surface area contributed by atoms with Crippen LogP contribution in [0.25, 0.3) is 0 Å².